The van der Waals surface area contributed by atoms with Gasteiger partial charge in [0.05, 0.1) is 19.6 Å². The van der Waals surface area contributed by atoms with Gasteiger partial charge in [0.25, 0.3) is 0 Å². The lowest BCUT2D eigenvalue weighted by Crippen LogP contribution is -2.18. The van der Waals surface area contributed by atoms with Crippen molar-refractivity contribution in [3.8, 4) is 0 Å². The van der Waals surface area contributed by atoms with Crippen molar-refractivity contribution in [2.75, 3.05) is 13.2 Å². The quantitative estimate of drug-likeness (QED) is 0.635. The minimum absolute atomic E-state index is 0.178. The molecular formula is C8H6Br2ClF3OS. The van der Waals surface area contributed by atoms with Crippen molar-refractivity contribution in [2.45, 2.75) is 11.6 Å². The van der Waals surface area contributed by atoms with Crippen LogP contribution in [0.25, 0.3) is 0 Å². The van der Waals surface area contributed by atoms with Crippen molar-refractivity contribution in [3.05, 3.63) is 19.2 Å². The third kappa shape index (κ3) is 4.91. The number of thiophene rings is 1. The van der Waals surface area contributed by atoms with Crippen LogP contribution in [0.1, 0.15) is 10.9 Å². The van der Waals surface area contributed by atoms with Crippen LogP contribution < -0.4 is 0 Å². The smallest absolute Gasteiger partial charge is 0.370 e. The summed E-state index contributed by atoms with van der Waals surface area (Å²) in [6, 6.07) is 1.75. The number of hydrogen-bond acceptors (Lipinski definition) is 2. The van der Waals surface area contributed by atoms with Gasteiger partial charge in [-0.2, -0.15) is 13.2 Å². The van der Waals surface area contributed by atoms with Gasteiger partial charge in [0.15, 0.2) is 0 Å². The Kier molecular flexibility index (Phi) is 5.57. The highest BCUT2D eigenvalue weighted by molar-refractivity contribution is 9.12. The maximum atomic E-state index is 11.8. The lowest BCUT2D eigenvalue weighted by molar-refractivity contribution is -0.173. The van der Waals surface area contributed by atoms with E-state index in [2.05, 4.69) is 36.6 Å². The zero-order chi connectivity index (χ0) is 12.3. The topological polar surface area (TPSA) is 9.23 Å². The van der Waals surface area contributed by atoms with Crippen LogP contribution in [0.5, 0.6) is 0 Å². The number of alkyl halides is 4. The van der Waals surface area contributed by atoms with Crippen LogP contribution in [0.2, 0.25) is 0 Å². The summed E-state index contributed by atoms with van der Waals surface area (Å²) in [6.07, 6.45) is -4.32. The van der Waals surface area contributed by atoms with Crippen molar-refractivity contribution in [1.29, 1.82) is 0 Å². The summed E-state index contributed by atoms with van der Waals surface area (Å²) in [5, 5.41) is -0.598. The molecule has 16 heavy (non-hydrogen) atoms. The molecule has 1 nitrogen and oxygen atoms in total. The Morgan fingerprint density at radius 1 is 1.44 bits per heavy atom. The van der Waals surface area contributed by atoms with E-state index in [4.69, 9.17) is 11.6 Å². The summed E-state index contributed by atoms with van der Waals surface area (Å²) in [7, 11) is 0. The predicted molar refractivity (Wildman–Crippen MR) is 65.2 cm³/mol. The van der Waals surface area contributed by atoms with Gasteiger partial charge >= 0.3 is 6.18 Å². The van der Waals surface area contributed by atoms with Gasteiger partial charge in [0.2, 0.25) is 0 Å². The molecule has 1 heterocycles. The minimum atomic E-state index is -4.32. The molecule has 0 fully saturated rings. The summed E-state index contributed by atoms with van der Waals surface area (Å²) in [5.41, 5.74) is 0.723. The SMILES string of the molecule is FC(F)(F)COCC(Cl)c1cc(Br)sc1Br. The highest BCUT2D eigenvalue weighted by Gasteiger charge is 2.28. The van der Waals surface area contributed by atoms with E-state index in [1.165, 1.54) is 11.3 Å². The summed E-state index contributed by atoms with van der Waals surface area (Å²) >= 11 is 13.9. The van der Waals surface area contributed by atoms with E-state index >= 15 is 0 Å². The fourth-order valence-corrected chi connectivity index (χ4v) is 4.37. The summed E-state index contributed by atoms with van der Waals surface area (Å²) in [6.45, 7) is -1.46. The average Bonchev–Trinajstić information content (AvgIpc) is 2.43. The first-order valence-corrected chi connectivity index (χ1v) is 6.87. The average molecular weight is 402 g/mol. The van der Waals surface area contributed by atoms with E-state index in [0.717, 1.165) is 13.1 Å². The molecule has 0 amide bonds. The van der Waals surface area contributed by atoms with Crippen LogP contribution in [0.3, 0.4) is 0 Å². The number of halogens is 6. The second-order valence-corrected chi connectivity index (χ2v) is 7.15. The standard InChI is InChI=1S/C8H6Br2ClF3OS/c9-6-1-4(7(10)16-6)5(11)2-15-3-8(12,13)14/h1,5H,2-3H2. The number of hydrogen-bond donors (Lipinski definition) is 0. The minimum Gasteiger partial charge on any atom is -0.370 e. The van der Waals surface area contributed by atoms with Crippen molar-refractivity contribution in [3.63, 3.8) is 0 Å². The molecule has 1 atom stereocenters. The maximum absolute atomic E-state index is 11.8. The van der Waals surface area contributed by atoms with Crippen LogP contribution in [0, 0.1) is 0 Å². The molecule has 0 aliphatic rings. The molecule has 0 aliphatic carbocycles. The zero-order valence-electron chi connectivity index (χ0n) is 7.65. The Morgan fingerprint density at radius 2 is 2.06 bits per heavy atom. The monoisotopic (exact) mass is 400 g/mol. The Hall–Kier alpha value is 0.700. The van der Waals surface area contributed by atoms with Crippen molar-refractivity contribution in [1.82, 2.24) is 0 Å². The second kappa shape index (κ2) is 6.04. The third-order valence-corrected chi connectivity index (χ3v) is 4.30. The fourth-order valence-electron chi connectivity index (χ4n) is 0.934. The van der Waals surface area contributed by atoms with E-state index in [9.17, 15) is 13.2 Å². The Morgan fingerprint density at radius 3 is 2.50 bits per heavy atom. The van der Waals surface area contributed by atoms with Gasteiger partial charge in [-0.1, -0.05) is 0 Å². The lowest BCUT2D eigenvalue weighted by atomic mass is 10.2. The molecular weight excluding hydrogens is 396 g/mol. The van der Waals surface area contributed by atoms with E-state index in [-0.39, 0.29) is 6.61 Å². The first-order valence-electron chi connectivity index (χ1n) is 4.03. The molecule has 0 spiro atoms. The summed E-state index contributed by atoms with van der Waals surface area (Å²) < 4.78 is 41.6. The molecule has 0 N–H and O–H groups in total. The highest BCUT2D eigenvalue weighted by Crippen LogP contribution is 2.38. The first-order chi connectivity index (χ1) is 7.29. The molecule has 1 rings (SSSR count). The normalized spacial score (nSPS) is 14.1. The van der Waals surface area contributed by atoms with Gasteiger partial charge in [0.1, 0.15) is 6.61 Å². The number of ether oxygens (including phenoxy) is 1. The molecule has 8 heteroatoms. The molecule has 92 valence electrons. The Bertz CT molecular complexity index is 356. The molecule has 0 saturated heterocycles. The molecule has 1 unspecified atom stereocenters. The van der Waals surface area contributed by atoms with E-state index in [1.807, 2.05) is 0 Å². The van der Waals surface area contributed by atoms with E-state index in [1.54, 1.807) is 6.07 Å². The molecule has 0 radical (unpaired) electrons. The predicted octanol–water partition coefficient (Wildman–Crippen LogP) is 5.13. The van der Waals surface area contributed by atoms with Gasteiger partial charge in [0, 0.05) is 0 Å². The highest BCUT2D eigenvalue weighted by atomic mass is 79.9. The fraction of sp³-hybridized carbons (Fsp3) is 0.500. The molecule has 0 saturated carbocycles. The molecule has 1 aromatic rings. The summed E-state index contributed by atoms with van der Waals surface area (Å²) in [4.78, 5) is 0. The van der Waals surface area contributed by atoms with Crippen LogP contribution >= 0.6 is 54.8 Å². The van der Waals surface area contributed by atoms with E-state index in [0.29, 0.717) is 0 Å². The van der Waals surface area contributed by atoms with Crippen molar-refractivity contribution < 1.29 is 17.9 Å². The van der Waals surface area contributed by atoms with Crippen LogP contribution in [-0.4, -0.2) is 19.4 Å². The van der Waals surface area contributed by atoms with Gasteiger partial charge in [-0.25, -0.2) is 0 Å². The van der Waals surface area contributed by atoms with Gasteiger partial charge in [-0.15, -0.1) is 22.9 Å². The van der Waals surface area contributed by atoms with Crippen molar-refractivity contribution >= 4 is 54.8 Å². The van der Waals surface area contributed by atoms with Gasteiger partial charge in [-0.3, -0.25) is 0 Å². The van der Waals surface area contributed by atoms with E-state index < -0.39 is 18.2 Å². The molecule has 0 bridgehead atoms. The van der Waals surface area contributed by atoms with Crippen molar-refractivity contribution in [2.24, 2.45) is 0 Å². The van der Waals surface area contributed by atoms with Gasteiger partial charge in [-0.05, 0) is 43.5 Å². The summed E-state index contributed by atoms with van der Waals surface area (Å²) in [5.74, 6) is 0. The van der Waals surface area contributed by atoms with Crippen LogP contribution in [-0.2, 0) is 4.74 Å². The number of rotatable bonds is 4. The second-order valence-electron chi connectivity index (χ2n) is 2.88. The Labute approximate surface area is 116 Å². The molecule has 0 aliphatic heterocycles. The maximum Gasteiger partial charge on any atom is 0.411 e. The van der Waals surface area contributed by atoms with Gasteiger partial charge < -0.3 is 4.74 Å². The van der Waals surface area contributed by atoms with Crippen LogP contribution in [0.4, 0.5) is 13.2 Å². The Balaban J connectivity index is 2.47. The first kappa shape index (κ1) is 14.8. The molecule has 0 aromatic carbocycles. The van der Waals surface area contributed by atoms with Crippen LogP contribution in [0.15, 0.2) is 13.6 Å². The third-order valence-electron chi connectivity index (χ3n) is 1.55. The lowest BCUT2D eigenvalue weighted by Gasteiger charge is -2.11. The zero-order valence-corrected chi connectivity index (χ0v) is 12.4. The molecule has 1 aromatic heterocycles. The largest absolute Gasteiger partial charge is 0.411 e.